The number of fused-ring (bicyclic) bond motifs is 5. The Labute approximate surface area is 495 Å². The van der Waals surface area contributed by atoms with Crippen molar-refractivity contribution >= 4 is 53.5 Å². The highest BCUT2D eigenvalue weighted by molar-refractivity contribution is 5.98. The fourth-order valence-electron chi connectivity index (χ4n) is 10.9. The zero-order valence-corrected chi connectivity index (χ0v) is 48.4. The van der Waals surface area contributed by atoms with Gasteiger partial charge in [0, 0.05) is 64.3 Å². The molecular weight excluding hydrogens is 1130 g/mol. The monoisotopic (exact) mass is 1200 g/mol. The van der Waals surface area contributed by atoms with Crippen LogP contribution >= 0.6 is 0 Å². The molecule has 3 aliphatic heterocycles. The summed E-state index contributed by atoms with van der Waals surface area (Å²) in [5.41, 5.74) is 2.88. The molecular formula is C58H77N9O19. The number of phenolic OH excluding ortho intramolecular Hbond substituents is 1. The highest BCUT2D eigenvalue weighted by atomic mass is 16.6. The SMILES string of the molecule is CNC(=O)COc1cc(C[C@@H](O)[C@@H]2NC(=O)[C@@H]3C[C@@H](O)CN3C(=O)[C@H]([C@@H](C)O)NC(=O)C(NC(=O)OC(C)(C)C)C[C@@H](O)CNC(=O)[C@@H]3[C@@H](O)[C@@H](C)CN3C(=O)[C@H]([C@H](O)CCNC(=O)OCC3c4ccccc4-c4ccccc43)NC2=O)ccc1O. The summed E-state index contributed by atoms with van der Waals surface area (Å²) in [5, 5.41) is 96.4. The van der Waals surface area contributed by atoms with Gasteiger partial charge in [-0.25, -0.2) is 9.59 Å². The van der Waals surface area contributed by atoms with Gasteiger partial charge in [-0.2, -0.15) is 0 Å². The summed E-state index contributed by atoms with van der Waals surface area (Å²) in [7, 11) is 1.35. The second-order valence-corrected chi connectivity index (χ2v) is 23.0. The van der Waals surface area contributed by atoms with Gasteiger partial charge >= 0.3 is 12.2 Å². The van der Waals surface area contributed by atoms with E-state index in [9.17, 15) is 74.1 Å². The normalized spacial score (nSPS) is 26.1. The van der Waals surface area contributed by atoms with Gasteiger partial charge in [-0.15, -0.1) is 0 Å². The van der Waals surface area contributed by atoms with E-state index >= 15 is 4.79 Å². The first-order chi connectivity index (χ1) is 40.6. The number of carbonyl (C=O) groups is 9. The standard InChI is InChI=1S/C58H77N9O19/c1-28-24-67-48(49(28)75)53(79)61-23-31(69)21-38(62-57(83)86-58(3,4)5)50(76)63-45(29(2)68)54(80)66-25-32(70)22-39(66)51(77)64-46(42(73)19-30-15-16-40(71)43(20-30)84-27-44(74)59-6)52(78)65-47(55(67)81)41(72)17-18-60-56(82)85-26-37-35-13-9-7-11-33(35)34-12-8-10-14-36(34)37/h7-16,20,28-29,31-32,37-39,41-42,45-49,68-73,75H,17-19,21-27H2,1-6H3,(H,59,74)(H,60,82)(H,61,79)(H,62,83)(H,63,76)(H,64,77)(H,65,78)/t28-,29+,31+,32+,38?,39-,41+,42+,45-,46-,47-,48-,49-/m0/s1. The molecule has 3 heterocycles. The minimum absolute atomic E-state index is 0.0785. The van der Waals surface area contributed by atoms with Crippen molar-refractivity contribution in [1.29, 1.82) is 0 Å². The fraction of sp³-hybridized carbons (Fsp3) is 0.534. The van der Waals surface area contributed by atoms with E-state index in [-0.39, 0.29) is 30.4 Å². The Bertz CT molecular complexity index is 2950. The molecule has 13 atom stereocenters. The Balaban J connectivity index is 1.23. The minimum Gasteiger partial charge on any atom is -0.504 e. The van der Waals surface area contributed by atoms with E-state index in [1.807, 2.05) is 48.5 Å². The number of nitrogens with zero attached hydrogens (tertiary/aromatic N) is 2. The molecule has 3 aromatic carbocycles. The van der Waals surface area contributed by atoms with E-state index in [1.54, 1.807) is 0 Å². The number of carbonyl (C=O) groups excluding carboxylic acids is 9. The van der Waals surface area contributed by atoms with Crippen LogP contribution in [0, 0.1) is 5.92 Å². The third-order valence-electron chi connectivity index (χ3n) is 15.3. The van der Waals surface area contributed by atoms with Crippen LogP contribution in [0.25, 0.3) is 11.1 Å². The molecule has 9 amide bonds. The van der Waals surface area contributed by atoms with Crippen LogP contribution in [-0.4, -0.2) is 224 Å². The number of rotatable bonds is 14. The molecule has 468 valence electrons. The van der Waals surface area contributed by atoms with Crippen LogP contribution in [-0.2, 0) is 49.5 Å². The van der Waals surface area contributed by atoms with Crippen LogP contribution in [0.1, 0.15) is 76.5 Å². The number of phenols is 1. The number of ether oxygens (including phenoxy) is 3. The molecule has 0 aromatic heterocycles. The first kappa shape index (κ1) is 65.4. The second-order valence-electron chi connectivity index (χ2n) is 23.0. The van der Waals surface area contributed by atoms with Crippen molar-refractivity contribution < 1.29 is 93.1 Å². The minimum atomic E-state index is -2.16. The van der Waals surface area contributed by atoms with Crippen molar-refractivity contribution in [3.63, 3.8) is 0 Å². The lowest BCUT2D eigenvalue weighted by Crippen LogP contribution is -2.64. The average Bonchev–Trinajstić information content (AvgIpc) is 1.71. The molecule has 0 radical (unpaired) electrons. The maximum absolute atomic E-state index is 15.1. The quantitative estimate of drug-likeness (QED) is 0.0793. The number of nitrogens with one attached hydrogen (secondary N) is 7. The van der Waals surface area contributed by atoms with E-state index < -0.39 is 196 Å². The molecule has 3 saturated heterocycles. The van der Waals surface area contributed by atoms with E-state index in [0.717, 1.165) is 45.0 Å². The largest absolute Gasteiger partial charge is 0.504 e. The molecule has 3 fully saturated rings. The van der Waals surface area contributed by atoms with Crippen molar-refractivity contribution in [3.05, 3.63) is 83.4 Å². The van der Waals surface area contributed by atoms with E-state index in [2.05, 4.69) is 37.2 Å². The smallest absolute Gasteiger partial charge is 0.408 e. The molecule has 0 spiro atoms. The summed E-state index contributed by atoms with van der Waals surface area (Å²) in [4.78, 5) is 128. The molecule has 1 unspecified atom stereocenters. The number of aliphatic hydroxyl groups is 6. The molecule has 28 nitrogen and oxygen atoms in total. The molecule has 1 aliphatic carbocycles. The summed E-state index contributed by atoms with van der Waals surface area (Å²) < 4.78 is 16.4. The van der Waals surface area contributed by atoms with Crippen molar-refractivity contribution in [2.24, 2.45) is 5.92 Å². The fourth-order valence-corrected chi connectivity index (χ4v) is 10.9. The first-order valence-electron chi connectivity index (χ1n) is 28.3. The summed E-state index contributed by atoms with van der Waals surface area (Å²) in [6.45, 7) is 4.56. The van der Waals surface area contributed by atoms with Gasteiger partial charge < -0.3 is 97.0 Å². The van der Waals surface area contributed by atoms with Crippen molar-refractivity contribution in [1.82, 2.24) is 47.0 Å². The molecule has 3 aromatic rings. The van der Waals surface area contributed by atoms with E-state index in [0.29, 0.717) is 0 Å². The zero-order chi connectivity index (χ0) is 62.9. The van der Waals surface area contributed by atoms with Crippen LogP contribution < -0.4 is 42.0 Å². The summed E-state index contributed by atoms with van der Waals surface area (Å²) in [5.74, 6) is -9.50. The Morgan fingerprint density at radius 3 is 2.01 bits per heavy atom. The Morgan fingerprint density at radius 1 is 0.744 bits per heavy atom. The van der Waals surface area contributed by atoms with Crippen molar-refractivity contribution in [2.75, 3.05) is 46.4 Å². The maximum Gasteiger partial charge on any atom is 0.408 e. The van der Waals surface area contributed by atoms with Gasteiger partial charge in [0.1, 0.15) is 48.5 Å². The summed E-state index contributed by atoms with van der Waals surface area (Å²) in [6.07, 6.45) is -14.8. The number of aliphatic hydroxyl groups excluding tert-OH is 6. The average molecular weight is 1200 g/mol. The molecule has 0 saturated carbocycles. The first-order valence-corrected chi connectivity index (χ1v) is 28.3. The predicted octanol–water partition coefficient (Wildman–Crippen LogP) is -2.51. The lowest BCUT2D eigenvalue weighted by molar-refractivity contribution is -0.147. The van der Waals surface area contributed by atoms with Gasteiger partial charge in [0.05, 0.1) is 36.6 Å². The van der Waals surface area contributed by atoms with E-state index in [1.165, 1.54) is 46.9 Å². The second kappa shape index (κ2) is 28.4. The highest BCUT2D eigenvalue weighted by Crippen LogP contribution is 2.44. The van der Waals surface area contributed by atoms with Crippen LogP contribution in [0.2, 0.25) is 0 Å². The number of hydrogen-bond donors (Lipinski definition) is 14. The Morgan fingerprint density at radius 2 is 1.37 bits per heavy atom. The number of alkyl carbamates (subject to hydrolysis) is 2. The lowest BCUT2D eigenvalue weighted by atomic mass is 9.98. The Hall–Kier alpha value is -8.15. The topological polar surface area (TPSA) is 414 Å². The van der Waals surface area contributed by atoms with Crippen LogP contribution in [0.4, 0.5) is 9.59 Å². The van der Waals surface area contributed by atoms with Crippen LogP contribution in [0.5, 0.6) is 11.5 Å². The van der Waals surface area contributed by atoms with Crippen LogP contribution in [0.15, 0.2) is 66.7 Å². The van der Waals surface area contributed by atoms with Gasteiger partial charge in [0.2, 0.25) is 35.4 Å². The highest BCUT2D eigenvalue weighted by Gasteiger charge is 2.50. The Kier molecular flexibility index (Phi) is 21.6. The number of β-amino-alcohol motifs (C(OH)–C–C–N with tert-alkyl or cyclic N) is 1. The maximum atomic E-state index is 15.1. The zero-order valence-electron chi connectivity index (χ0n) is 48.4. The van der Waals surface area contributed by atoms with Gasteiger partial charge in [-0.1, -0.05) is 61.5 Å². The van der Waals surface area contributed by atoms with Crippen molar-refractivity contribution in [3.8, 4) is 22.6 Å². The number of hydrogen-bond acceptors (Lipinski definition) is 19. The predicted molar refractivity (Wildman–Crippen MR) is 302 cm³/mol. The van der Waals surface area contributed by atoms with Gasteiger partial charge in [-0.3, -0.25) is 33.6 Å². The molecule has 0 bridgehead atoms. The number of amides is 9. The number of aromatic hydroxyl groups is 1. The number of benzene rings is 3. The summed E-state index contributed by atoms with van der Waals surface area (Å²) >= 11 is 0. The summed E-state index contributed by atoms with van der Waals surface area (Å²) in [6, 6.07) is 7.58. The van der Waals surface area contributed by atoms with Gasteiger partial charge in [-0.05, 0) is 74.1 Å². The molecule has 14 N–H and O–H groups in total. The van der Waals surface area contributed by atoms with Crippen LogP contribution in [0.3, 0.4) is 0 Å². The van der Waals surface area contributed by atoms with Gasteiger partial charge in [0.15, 0.2) is 18.1 Å². The number of likely N-dealkylation sites (N-methyl/N-ethyl adjacent to an activating group) is 1. The molecule has 28 heteroatoms. The van der Waals surface area contributed by atoms with Gasteiger partial charge in [0.25, 0.3) is 5.91 Å². The molecule has 7 rings (SSSR count). The van der Waals surface area contributed by atoms with E-state index in [4.69, 9.17) is 14.2 Å². The molecule has 86 heavy (non-hydrogen) atoms. The third kappa shape index (κ3) is 16.0. The lowest BCUT2D eigenvalue weighted by Gasteiger charge is -2.34. The van der Waals surface area contributed by atoms with Crippen molar-refractivity contribution in [2.45, 2.75) is 145 Å². The third-order valence-corrected chi connectivity index (χ3v) is 15.3. The molecule has 4 aliphatic rings.